The van der Waals surface area contributed by atoms with Gasteiger partial charge in [0.05, 0.1) is 18.4 Å². The van der Waals surface area contributed by atoms with Crippen molar-refractivity contribution in [1.82, 2.24) is 25.3 Å². The third-order valence-electron chi connectivity index (χ3n) is 4.49. The van der Waals surface area contributed by atoms with Gasteiger partial charge >= 0.3 is 0 Å². The highest BCUT2D eigenvalue weighted by molar-refractivity contribution is 5.79. The number of carbonyl (C=O) groups excluding carboxylic acids is 1. The van der Waals surface area contributed by atoms with Crippen LogP contribution in [-0.4, -0.2) is 52.7 Å². The van der Waals surface area contributed by atoms with Crippen LogP contribution >= 0.6 is 0 Å². The predicted molar refractivity (Wildman–Crippen MR) is 107 cm³/mol. The third kappa shape index (κ3) is 5.57. The highest BCUT2D eigenvalue weighted by Gasteiger charge is 2.18. The lowest BCUT2D eigenvalue weighted by atomic mass is 10.3. The molecule has 0 radical (unpaired) electrons. The quantitative estimate of drug-likeness (QED) is 0.424. The van der Waals surface area contributed by atoms with E-state index < -0.39 is 0 Å². The molecule has 0 unspecified atom stereocenters. The Kier molecular flexibility index (Phi) is 6.84. The SMILES string of the molecule is CCNC(=NCc1cnn(-c2ccccc2)c1)NCCCN1CCCC1=O. The van der Waals surface area contributed by atoms with Gasteiger partial charge in [0.2, 0.25) is 5.91 Å². The molecule has 1 aromatic carbocycles. The first-order valence-corrected chi connectivity index (χ1v) is 9.65. The number of amides is 1. The number of nitrogens with zero attached hydrogens (tertiary/aromatic N) is 4. The molecule has 0 saturated carbocycles. The maximum atomic E-state index is 11.6. The van der Waals surface area contributed by atoms with Crippen LogP contribution in [0.1, 0.15) is 31.7 Å². The van der Waals surface area contributed by atoms with E-state index in [1.807, 2.05) is 59.2 Å². The molecule has 0 spiro atoms. The Balaban J connectivity index is 1.48. The minimum atomic E-state index is 0.283. The van der Waals surface area contributed by atoms with Crippen LogP contribution in [-0.2, 0) is 11.3 Å². The summed E-state index contributed by atoms with van der Waals surface area (Å²) in [5.41, 5.74) is 2.09. The fourth-order valence-corrected chi connectivity index (χ4v) is 3.09. The number of aliphatic imine (C=N–C) groups is 1. The van der Waals surface area contributed by atoms with Crippen LogP contribution in [0.2, 0.25) is 0 Å². The summed E-state index contributed by atoms with van der Waals surface area (Å²) in [5.74, 6) is 1.07. The summed E-state index contributed by atoms with van der Waals surface area (Å²) in [5, 5.41) is 11.0. The number of guanidine groups is 1. The van der Waals surface area contributed by atoms with E-state index in [1.54, 1.807) is 0 Å². The maximum absolute atomic E-state index is 11.6. The zero-order chi connectivity index (χ0) is 18.9. The number of carbonyl (C=O) groups is 1. The molecule has 2 heterocycles. The van der Waals surface area contributed by atoms with Crippen molar-refractivity contribution in [3.8, 4) is 5.69 Å². The van der Waals surface area contributed by atoms with Gasteiger partial charge in [-0.25, -0.2) is 9.67 Å². The molecular formula is C20H28N6O. The van der Waals surface area contributed by atoms with Gasteiger partial charge in [0.25, 0.3) is 0 Å². The van der Waals surface area contributed by atoms with Gasteiger partial charge < -0.3 is 15.5 Å². The molecule has 7 heteroatoms. The van der Waals surface area contributed by atoms with E-state index in [4.69, 9.17) is 0 Å². The van der Waals surface area contributed by atoms with Crippen molar-refractivity contribution >= 4 is 11.9 Å². The number of benzene rings is 1. The zero-order valence-corrected chi connectivity index (χ0v) is 15.9. The molecule has 1 fully saturated rings. The summed E-state index contributed by atoms with van der Waals surface area (Å²) in [6.45, 7) is 5.92. The van der Waals surface area contributed by atoms with Gasteiger partial charge in [0.15, 0.2) is 5.96 Å². The van der Waals surface area contributed by atoms with Gasteiger partial charge in [0.1, 0.15) is 0 Å². The highest BCUT2D eigenvalue weighted by Crippen LogP contribution is 2.10. The number of aromatic nitrogens is 2. The smallest absolute Gasteiger partial charge is 0.222 e. The van der Waals surface area contributed by atoms with E-state index >= 15 is 0 Å². The molecule has 0 aliphatic carbocycles. The van der Waals surface area contributed by atoms with Crippen LogP contribution in [0.3, 0.4) is 0 Å². The summed E-state index contributed by atoms with van der Waals surface area (Å²) in [7, 11) is 0. The number of para-hydroxylation sites is 1. The Hall–Kier alpha value is -2.83. The minimum absolute atomic E-state index is 0.283. The van der Waals surface area contributed by atoms with Crippen LogP contribution in [0.15, 0.2) is 47.7 Å². The number of hydrogen-bond donors (Lipinski definition) is 2. The van der Waals surface area contributed by atoms with Crippen LogP contribution in [0, 0.1) is 0 Å². The molecule has 3 rings (SSSR count). The van der Waals surface area contributed by atoms with Crippen molar-refractivity contribution in [2.45, 2.75) is 32.7 Å². The van der Waals surface area contributed by atoms with E-state index in [0.717, 1.165) is 56.2 Å². The molecule has 2 aromatic rings. The van der Waals surface area contributed by atoms with Gasteiger partial charge in [-0.2, -0.15) is 5.10 Å². The van der Waals surface area contributed by atoms with E-state index in [-0.39, 0.29) is 5.91 Å². The lowest BCUT2D eigenvalue weighted by Crippen LogP contribution is -2.39. The van der Waals surface area contributed by atoms with Gasteiger partial charge in [-0.1, -0.05) is 18.2 Å². The second-order valence-electron chi connectivity index (χ2n) is 6.59. The topological polar surface area (TPSA) is 74.6 Å². The predicted octanol–water partition coefficient (Wildman–Crippen LogP) is 1.94. The molecule has 2 N–H and O–H groups in total. The fourth-order valence-electron chi connectivity index (χ4n) is 3.09. The van der Waals surface area contributed by atoms with Crippen molar-refractivity contribution in [1.29, 1.82) is 0 Å². The standard InChI is InChI=1S/C20H28N6O/c1-2-21-20(22-11-7-13-25-12-6-10-19(25)27)23-14-17-15-24-26(16-17)18-8-4-3-5-9-18/h3-5,8-9,15-16H,2,6-7,10-14H2,1H3,(H2,21,22,23). The molecule has 1 saturated heterocycles. The molecule has 0 atom stereocenters. The molecule has 1 aromatic heterocycles. The zero-order valence-electron chi connectivity index (χ0n) is 15.9. The van der Waals surface area contributed by atoms with Crippen molar-refractivity contribution in [2.75, 3.05) is 26.2 Å². The number of nitrogens with one attached hydrogen (secondary N) is 2. The van der Waals surface area contributed by atoms with Crippen LogP contribution in [0.25, 0.3) is 5.69 Å². The second-order valence-corrected chi connectivity index (χ2v) is 6.59. The van der Waals surface area contributed by atoms with E-state index in [9.17, 15) is 4.79 Å². The summed E-state index contributed by atoms with van der Waals surface area (Å²) < 4.78 is 1.86. The summed E-state index contributed by atoms with van der Waals surface area (Å²) in [4.78, 5) is 18.2. The Labute approximate surface area is 160 Å². The van der Waals surface area contributed by atoms with Crippen molar-refractivity contribution in [2.24, 2.45) is 4.99 Å². The van der Waals surface area contributed by atoms with Crippen LogP contribution in [0.5, 0.6) is 0 Å². The highest BCUT2D eigenvalue weighted by atomic mass is 16.2. The van der Waals surface area contributed by atoms with Gasteiger partial charge in [-0.05, 0) is 31.9 Å². The van der Waals surface area contributed by atoms with Crippen molar-refractivity contribution < 1.29 is 4.79 Å². The summed E-state index contributed by atoms with van der Waals surface area (Å²) >= 11 is 0. The number of hydrogen-bond acceptors (Lipinski definition) is 3. The first kappa shape index (κ1) is 18.9. The molecule has 27 heavy (non-hydrogen) atoms. The molecule has 7 nitrogen and oxygen atoms in total. The summed E-state index contributed by atoms with van der Waals surface area (Å²) in [6.07, 6.45) is 6.46. The first-order chi connectivity index (χ1) is 13.3. The molecular weight excluding hydrogens is 340 g/mol. The Bertz CT molecular complexity index is 755. The van der Waals surface area contributed by atoms with E-state index in [0.29, 0.717) is 13.0 Å². The molecule has 1 aliphatic heterocycles. The maximum Gasteiger partial charge on any atom is 0.222 e. The summed E-state index contributed by atoms with van der Waals surface area (Å²) in [6, 6.07) is 10.0. The van der Waals surface area contributed by atoms with E-state index in [1.165, 1.54) is 0 Å². The lowest BCUT2D eigenvalue weighted by molar-refractivity contribution is -0.127. The fraction of sp³-hybridized carbons (Fsp3) is 0.450. The average molecular weight is 368 g/mol. The lowest BCUT2D eigenvalue weighted by Gasteiger charge is -2.16. The molecule has 144 valence electrons. The van der Waals surface area contributed by atoms with Crippen molar-refractivity contribution in [3.05, 3.63) is 48.3 Å². The largest absolute Gasteiger partial charge is 0.357 e. The Morgan fingerprint density at radius 1 is 1.26 bits per heavy atom. The molecule has 0 bridgehead atoms. The van der Waals surface area contributed by atoms with Gasteiger partial charge in [-0.3, -0.25) is 4.79 Å². The van der Waals surface area contributed by atoms with Crippen LogP contribution in [0.4, 0.5) is 0 Å². The number of rotatable bonds is 8. The first-order valence-electron chi connectivity index (χ1n) is 9.65. The van der Waals surface area contributed by atoms with Gasteiger partial charge in [-0.15, -0.1) is 0 Å². The average Bonchev–Trinajstić information content (AvgIpc) is 3.33. The minimum Gasteiger partial charge on any atom is -0.357 e. The normalized spacial score (nSPS) is 14.6. The Morgan fingerprint density at radius 3 is 2.85 bits per heavy atom. The molecule has 1 amide bonds. The number of likely N-dealkylation sites (tertiary alicyclic amines) is 1. The third-order valence-corrected chi connectivity index (χ3v) is 4.49. The molecule has 1 aliphatic rings. The van der Waals surface area contributed by atoms with E-state index in [2.05, 4.69) is 20.7 Å². The van der Waals surface area contributed by atoms with Crippen molar-refractivity contribution in [3.63, 3.8) is 0 Å². The van der Waals surface area contributed by atoms with Crippen LogP contribution < -0.4 is 10.6 Å². The second kappa shape index (κ2) is 9.75. The van der Waals surface area contributed by atoms with Gasteiger partial charge in [0, 0.05) is 44.4 Å². The Morgan fingerprint density at radius 2 is 2.11 bits per heavy atom. The monoisotopic (exact) mass is 368 g/mol.